The van der Waals surface area contributed by atoms with Crippen LogP contribution in [0.2, 0.25) is 0 Å². The van der Waals surface area contributed by atoms with Gasteiger partial charge in [0.25, 0.3) is 0 Å². The Labute approximate surface area is 116 Å². The van der Waals surface area contributed by atoms with Crippen LogP contribution in [0.25, 0.3) is 0 Å². The average molecular weight is 306 g/mol. The third kappa shape index (κ3) is 3.26. The molecule has 3 heteroatoms. The van der Waals surface area contributed by atoms with Crippen molar-refractivity contribution in [1.29, 1.82) is 0 Å². The van der Waals surface area contributed by atoms with Gasteiger partial charge >= 0.3 is 0 Å². The van der Waals surface area contributed by atoms with Crippen LogP contribution in [0.3, 0.4) is 0 Å². The first-order valence-electron chi connectivity index (χ1n) is 5.85. The molecule has 0 spiro atoms. The molecule has 0 saturated carbocycles. The fourth-order valence-corrected chi connectivity index (χ4v) is 2.20. The molecule has 0 aliphatic rings. The number of hydrogen-bond donors (Lipinski definition) is 1. The summed E-state index contributed by atoms with van der Waals surface area (Å²) < 4.78 is 6.23. The van der Waals surface area contributed by atoms with Gasteiger partial charge in [0, 0.05) is 16.2 Å². The number of nitrogens with one attached hydrogen (secondary N) is 1. The summed E-state index contributed by atoms with van der Waals surface area (Å²) in [6.45, 7) is 2.14. The van der Waals surface area contributed by atoms with Crippen LogP contribution in [-0.4, -0.2) is 7.11 Å². The van der Waals surface area contributed by atoms with E-state index in [4.69, 9.17) is 4.74 Å². The van der Waals surface area contributed by atoms with Crippen molar-refractivity contribution in [2.75, 3.05) is 12.4 Å². The molecule has 0 saturated heterocycles. The van der Waals surface area contributed by atoms with E-state index < -0.39 is 0 Å². The first kappa shape index (κ1) is 13.0. The van der Waals surface area contributed by atoms with Crippen LogP contribution in [0.5, 0.6) is 5.75 Å². The lowest BCUT2D eigenvalue weighted by molar-refractivity contribution is 0.414. The van der Waals surface area contributed by atoms with Crippen molar-refractivity contribution < 1.29 is 4.74 Å². The molecule has 0 aliphatic heterocycles. The molecule has 1 atom stereocenters. The summed E-state index contributed by atoms with van der Waals surface area (Å²) in [5, 5.41) is 3.47. The molecule has 1 N–H and O–H groups in total. The number of anilines is 1. The van der Waals surface area contributed by atoms with Gasteiger partial charge in [0.15, 0.2) is 0 Å². The molecule has 2 aromatic carbocycles. The second-order valence-corrected chi connectivity index (χ2v) is 5.07. The zero-order chi connectivity index (χ0) is 13.0. The van der Waals surface area contributed by atoms with Gasteiger partial charge in [-0.15, -0.1) is 0 Å². The molecular formula is C15H16BrNO. The SMILES string of the molecule is COc1ccc(C(C)Nc2cccc(Br)c2)cc1. The minimum Gasteiger partial charge on any atom is -0.497 e. The Morgan fingerprint density at radius 1 is 1.11 bits per heavy atom. The Bertz CT molecular complexity index is 510. The van der Waals surface area contributed by atoms with Crippen molar-refractivity contribution in [1.82, 2.24) is 0 Å². The minimum atomic E-state index is 0.255. The van der Waals surface area contributed by atoms with E-state index in [0.29, 0.717) is 0 Å². The maximum absolute atomic E-state index is 5.16. The highest BCUT2D eigenvalue weighted by molar-refractivity contribution is 9.10. The molecule has 2 nitrogen and oxygen atoms in total. The fraction of sp³-hybridized carbons (Fsp3) is 0.200. The Kier molecular flexibility index (Phi) is 4.26. The topological polar surface area (TPSA) is 21.3 Å². The number of benzene rings is 2. The summed E-state index contributed by atoms with van der Waals surface area (Å²) >= 11 is 3.47. The van der Waals surface area contributed by atoms with Gasteiger partial charge < -0.3 is 10.1 Å². The molecule has 94 valence electrons. The molecule has 2 aromatic rings. The molecule has 0 aromatic heterocycles. The maximum atomic E-state index is 5.16. The molecular weight excluding hydrogens is 290 g/mol. The third-order valence-electron chi connectivity index (χ3n) is 2.82. The number of halogens is 1. The standard InChI is InChI=1S/C15H16BrNO/c1-11(12-6-8-15(18-2)9-7-12)17-14-5-3-4-13(16)10-14/h3-11,17H,1-2H3. The van der Waals surface area contributed by atoms with Crippen molar-refractivity contribution in [2.45, 2.75) is 13.0 Å². The molecule has 0 bridgehead atoms. The number of rotatable bonds is 4. The van der Waals surface area contributed by atoms with Crippen molar-refractivity contribution in [2.24, 2.45) is 0 Å². The molecule has 1 unspecified atom stereocenters. The molecule has 0 aliphatic carbocycles. The van der Waals surface area contributed by atoms with Crippen LogP contribution in [0.4, 0.5) is 5.69 Å². The van der Waals surface area contributed by atoms with Gasteiger partial charge in [-0.2, -0.15) is 0 Å². The van der Waals surface area contributed by atoms with E-state index in [9.17, 15) is 0 Å². The van der Waals surface area contributed by atoms with Gasteiger partial charge in [0.1, 0.15) is 5.75 Å². The Morgan fingerprint density at radius 2 is 1.83 bits per heavy atom. The summed E-state index contributed by atoms with van der Waals surface area (Å²) in [4.78, 5) is 0. The van der Waals surface area contributed by atoms with Gasteiger partial charge in [-0.1, -0.05) is 34.1 Å². The molecule has 0 heterocycles. The Morgan fingerprint density at radius 3 is 2.44 bits per heavy atom. The summed E-state index contributed by atoms with van der Waals surface area (Å²) in [5.41, 5.74) is 2.34. The first-order chi connectivity index (χ1) is 8.69. The highest BCUT2D eigenvalue weighted by atomic mass is 79.9. The predicted octanol–water partition coefficient (Wildman–Crippen LogP) is 4.63. The highest BCUT2D eigenvalue weighted by Crippen LogP contribution is 2.23. The van der Waals surface area contributed by atoms with Gasteiger partial charge in [-0.3, -0.25) is 0 Å². The van der Waals surface area contributed by atoms with Gasteiger partial charge in [0.2, 0.25) is 0 Å². The van der Waals surface area contributed by atoms with Crippen molar-refractivity contribution in [3.8, 4) is 5.75 Å². The Hall–Kier alpha value is -1.48. The van der Waals surface area contributed by atoms with Crippen LogP contribution in [0.15, 0.2) is 53.0 Å². The second kappa shape index (κ2) is 5.91. The molecule has 18 heavy (non-hydrogen) atoms. The largest absolute Gasteiger partial charge is 0.497 e. The lowest BCUT2D eigenvalue weighted by atomic mass is 10.1. The lowest BCUT2D eigenvalue weighted by Crippen LogP contribution is -2.06. The zero-order valence-corrected chi connectivity index (χ0v) is 12.1. The summed E-state index contributed by atoms with van der Waals surface area (Å²) in [7, 11) is 1.68. The van der Waals surface area contributed by atoms with E-state index in [0.717, 1.165) is 15.9 Å². The quantitative estimate of drug-likeness (QED) is 0.889. The third-order valence-corrected chi connectivity index (χ3v) is 3.32. The zero-order valence-electron chi connectivity index (χ0n) is 10.5. The monoisotopic (exact) mass is 305 g/mol. The molecule has 0 radical (unpaired) electrons. The smallest absolute Gasteiger partial charge is 0.118 e. The minimum absolute atomic E-state index is 0.255. The lowest BCUT2D eigenvalue weighted by Gasteiger charge is -2.16. The Balaban J connectivity index is 2.09. The van der Waals surface area contributed by atoms with Crippen LogP contribution < -0.4 is 10.1 Å². The van der Waals surface area contributed by atoms with E-state index in [-0.39, 0.29) is 6.04 Å². The average Bonchev–Trinajstić information content (AvgIpc) is 2.39. The van der Waals surface area contributed by atoms with Crippen LogP contribution >= 0.6 is 15.9 Å². The normalized spacial score (nSPS) is 11.9. The summed E-state index contributed by atoms with van der Waals surface area (Å²) in [6, 6.07) is 16.5. The fourth-order valence-electron chi connectivity index (χ4n) is 1.80. The highest BCUT2D eigenvalue weighted by Gasteiger charge is 2.05. The van der Waals surface area contributed by atoms with Crippen LogP contribution in [0, 0.1) is 0 Å². The number of methoxy groups -OCH3 is 1. The van der Waals surface area contributed by atoms with E-state index >= 15 is 0 Å². The molecule has 0 fully saturated rings. The van der Waals surface area contributed by atoms with Gasteiger partial charge in [-0.25, -0.2) is 0 Å². The van der Waals surface area contributed by atoms with E-state index in [1.165, 1.54) is 5.56 Å². The van der Waals surface area contributed by atoms with E-state index in [2.05, 4.69) is 52.4 Å². The summed E-state index contributed by atoms with van der Waals surface area (Å²) in [5.74, 6) is 0.883. The van der Waals surface area contributed by atoms with Crippen LogP contribution in [0.1, 0.15) is 18.5 Å². The predicted molar refractivity (Wildman–Crippen MR) is 79.2 cm³/mol. The summed E-state index contributed by atoms with van der Waals surface area (Å²) in [6.07, 6.45) is 0. The van der Waals surface area contributed by atoms with Crippen molar-refractivity contribution >= 4 is 21.6 Å². The van der Waals surface area contributed by atoms with Crippen LogP contribution in [-0.2, 0) is 0 Å². The molecule has 0 amide bonds. The van der Waals surface area contributed by atoms with Gasteiger partial charge in [-0.05, 0) is 42.8 Å². The van der Waals surface area contributed by atoms with Gasteiger partial charge in [0.05, 0.1) is 7.11 Å². The first-order valence-corrected chi connectivity index (χ1v) is 6.64. The van der Waals surface area contributed by atoms with E-state index in [1.54, 1.807) is 7.11 Å². The number of ether oxygens (including phenoxy) is 1. The molecule has 2 rings (SSSR count). The maximum Gasteiger partial charge on any atom is 0.118 e. The van der Waals surface area contributed by atoms with Crippen molar-refractivity contribution in [3.63, 3.8) is 0 Å². The number of hydrogen-bond acceptors (Lipinski definition) is 2. The van der Waals surface area contributed by atoms with Crippen molar-refractivity contribution in [3.05, 3.63) is 58.6 Å². The van der Waals surface area contributed by atoms with E-state index in [1.807, 2.05) is 24.3 Å². The second-order valence-electron chi connectivity index (χ2n) is 4.15.